The normalized spacial score (nSPS) is 11.8. The van der Waals surface area contributed by atoms with Gasteiger partial charge in [-0.05, 0) is 69.0 Å². The smallest absolute Gasteiger partial charge is 0.234 e. The number of carbonyl (C=O) groups excluding carboxylic acids is 1. The van der Waals surface area contributed by atoms with Gasteiger partial charge < -0.3 is 10.1 Å². The summed E-state index contributed by atoms with van der Waals surface area (Å²) in [6.45, 7) is 14.4. The van der Waals surface area contributed by atoms with E-state index in [1.54, 1.807) is 6.08 Å². The van der Waals surface area contributed by atoms with Crippen LogP contribution >= 0.6 is 11.8 Å². The third-order valence-corrected chi connectivity index (χ3v) is 5.97. The molecule has 0 aliphatic rings. The summed E-state index contributed by atoms with van der Waals surface area (Å²) in [4.78, 5) is 12.6. The van der Waals surface area contributed by atoms with Crippen LogP contribution in [0.25, 0.3) is 0 Å². The topological polar surface area (TPSA) is 69.0 Å². The van der Waals surface area contributed by atoms with E-state index in [2.05, 4.69) is 28.2 Å². The summed E-state index contributed by atoms with van der Waals surface area (Å²) in [5.74, 6) is 1.64. The van der Waals surface area contributed by atoms with Gasteiger partial charge in [0, 0.05) is 12.2 Å². The van der Waals surface area contributed by atoms with Crippen molar-refractivity contribution in [2.45, 2.75) is 52.4 Å². The van der Waals surface area contributed by atoms with Crippen molar-refractivity contribution < 1.29 is 9.53 Å². The number of amides is 1. The van der Waals surface area contributed by atoms with Crippen molar-refractivity contribution in [3.63, 3.8) is 0 Å². The fraction of sp³-hybridized carbons (Fsp3) is 0.320. The zero-order valence-electron chi connectivity index (χ0n) is 19.3. The zero-order chi connectivity index (χ0) is 23.3. The summed E-state index contributed by atoms with van der Waals surface area (Å²) in [6.07, 6.45) is 1.48. The van der Waals surface area contributed by atoms with Crippen molar-refractivity contribution >= 4 is 23.4 Å². The van der Waals surface area contributed by atoms with E-state index in [4.69, 9.17) is 4.74 Å². The summed E-state index contributed by atoms with van der Waals surface area (Å²) in [5, 5.41) is 12.3. The number of para-hydroxylation sites is 1. The van der Waals surface area contributed by atoms with Crippen molar-refractivity contribution in [3.8, 4) is 5.75 Å². The highest BCUT2D eigenvalue weighted by molar-refractivity contribution is 7.99. The predicted octanol–water partition coefficient (Wildman–Crippen LogP) is 5.57. The Bertz CT molecular complexity index is 1080. The van der Waals surface area contributed by atoms with E-state index in [9.17, 15) is 4.79 Å². The van der Waals surface area contributed by atoms with E-state index in [-0.39, 0.29) is 17.8 Å². The second kappa shape index (κ2) is 10.5. The largest absolute Gasteiger partial charge is 0.483 e. The van der Waals surface area contributed by atoms with Crippen molar-refractivity contribution in [1.82, 2.24) is 14.8 Å². The van der Waals surface area contributed by atoms with E-state index >= 15 is 0 Å². The maximum absolute atomic E-state index is 12.6. The van der Waals surface area contributed by atoms with Crippen LogP contribution in [0, 0.1) is 27.7 Å². The zero-order valence-corrected chi connectivity index (χ0v) is 20.1. The van der Waals surface area contributed by atoms with Gasteiger partial charge in [-0.3, -0.25) is 9.36 Å². The van der Waals surface area contributed by atoms with Gasteiger partial charge in [-0.2, -0.15) is 0 Å². The third-order valence-electron chi connectivity index (χ3n) is 5.01. The minimum absolute atomic E-state index is 0.0818. The summed E-state index contributed by atoms with van der Waals surface area (Å²) >= 11 is 1.35. The molecule has 1 N–H and O–H groups in total. The monoisotopic (exact) mass is 450 g/mol. The minimum atomic E-state index is -0.304. The number of aromatic nitrogens is 3. The van der Waals surface area contributed by atoms with E-state index < -0.39 is 0 Å². The molecule has 1 heterocycles. The number of rotatable bonds is 9. The van der Waals surface area contributed by atoms with Crippen LogP contribution in [0.5, 0.6) is 5.75 Å². The van der Waals surface area contributed by atoms with Crippen LogP contribution in [-0.4, -0.2) is 26.4 Å². The second-order valence-electron chi connectivity index (χ2n) is 7.93. The van der Waals surface area contributed by atoms with Crippen LogP contribution in [0.4, 0.5) is 5.69 Å². The molecule has 0 saturated heterocycles. The standard InChI is InChI=1S/C25H30N4O2S/c1-7-11-29-24(20(6)31-21-13-16(2)12-17(3)14-21)27-28-25(29)32-15-22(30)26-23-18(4)9-8-10-19(23)5/h7-10,12-14,20H,1,11,15H2,2-6H3,(H,26,30). The molecule has 1 aromatic heterocycles. The Morgan fingerprint density at radius 1 is 1.16 bits per heavy atom. The fourth-order valence-electron chi connectivity index (χ4n) is 3.58. The third kappa shape index (κ3) is 5.79. The quantitative estimate of drug-likeness (QED) is 0.341. The maximum Gasteiger partial charge on any atom is 0.234 e. The lowest BCUT2D eigenvalue weighted by molar-refractivity contribution is -0.113. The number of anilines is 1. The van der Waals surface area contributed by atoms with Crippen molar-refractivity contribution in [2.75, 3.05) is 11.1 Å². The highest BCUT2D eigenvalue weighted by atomic mass is 32.2. The second-order valence-corrected chi connectivity index (χ2v) is 8.87. The van der Waals surface area contributed by atoms with Gasteiger partial charge in [0.05, 0.1) is 5.75 Å². The Labute approximate surface area is 194 Å². The lowest BCUT2D eigenvalue weighted by Gasteiger charge is -2.16. The van der Waals surface area contributed by atoms with Crippen LogP contribution in [-0.2, 0) is 11.3 Å². The molecule has 0 aliphatic heterocycles. The van der Waals surface area contributed by atoms with Gasteiger partial charge in [-0.25, -0.2) is 0 Å². The van der Waals surface area contributed by atoms with Crippen LogP contribution < -0.4 is 10.1 Å². The molecule has 0 saturated carbocycles. The molecule has 32 heavy (non-hydrogen) atoms. The van der Waals surface area contributed by atoms with Gasteiger partial charge in [0.1, 0.15) is 5.75 Å². The van der Waals surface area contributed by atoms with E-state index in [1.807, 2.05) is 69.5 Å². The molecule has 0 aliphatic carbocycles. The molecule has 0 fully saturated rings. The molecule has 7 heteroatoms. The van der Waals surface area contributed by atoms with Crippen molar-refractivity contribution in [2.24, 2.45) is 0 Å². The summed E-state index contributed by atoms with van der Waals surface area (Å²) in [5.41, 5.74) is 5.23. The van der Waals surface area contributed by atoms with E-state index in [0.29, 0.717) is 17.5 Å². The van der Waals surface area contributed by atoms with Gasteiger partial charge in [-0.1, -0.05) is 42.1 Å². The fourth-order valence-corrected chi connectivity index (χ4v) is 4.34. The number of hydrogen-bond acceptors (Lipinski definition) is 5. The Hall–Kier alpha value is -3.06. The molecule has 0 spiro atoms. The van der Waals surface area contributed by atoms with E-state index in [1.165, 1.54) is 11.8 Å². The van der Waals surface area contributed by atoms with Crippen LogP contribution in [0.3, 0.4) is 0 Å². The molecule has 3 aromatic rings. The predicted molar refractivity (Wildman–Crippen MR) is 130 cm³/mol. The Kier molecular flexibility index (Phi) is 7.75. The summed E-state index contributed by atoms with van der Waals surface area (Å²) in [6, 6.07) is 12.1. The Balaban J connectivity index is 1.71. The number of hydrogen-bond donors (Lipinski definition) is 1. The van der Waals surface area contributed by atoms with Gasteiger partial charge in [0.25, 0.3) is 0 Å². The average molecular weight is 451 g/mol. The first-order chi connectivity index (χ1) is 15.3. The Morgan fingerprint density at radius 3 is 2.44 bits per heavy atom. The maximum atomic E-state index is 12.6. The number of carbonyl (C=O) groups is 1. The molecular formula is C25H30N4O2S. The SMILES string of the molecule is C=CCn1c(SCC(=O)Nc2c(C)cccc2C)nnc1C(C)Oc1cc(C)cc(C)c1. The van der Waals surface area contributed by atoms with Crippen LogP contribution in [0.1, 0.15) is 41.1 Å². The first kappa shape index (κ1) is 23.6. The van der Waals surface area contributed by atoms with Crippen molar-refractivity contribution in [1.29, 1.82) is 0 Å². The number of ether oxygens (including phenoxy) is 1. The Morgan fingerprint density at radius 2 is 1.81 bits per heavy atom. The van der Waals surface area contributed by atoms with Gasteiger partial charge in [0.2, 0.25) is 5.91 Å². The summed E-state index contributed by atoms with van der Waals surface area (Å²) < 4.78 is 8.09. The molecule has 0 radical (unpaired) electrons. The molecule has 1 unspecified atom stereocenters. The number of nitrogens with one attached hydrogen (secondary N) is 1. The first-order valence-corrected chi connectivity index (χ1v) is 11.5. The van der Waals surface area contributed by atoms with Gasteiger partial charge >= 0.3 is 0 Å². The van der Waals surface area contributed by atoms with Crippen molar-refractivity contribution in [3.05, 3.63) is 77.1 Å². The lowest BCUT2D eigenvalue weighted by atomic mass is 10.1. The summed E-state index contributed by atoms with van der Waals surface area (Å²) in [7, 11) is 0. The first-order valence-electron chi connectivity index (χ1n) is 10.6. The van der Waals surface area contributed by atoms with E-state index in [0.717, 1.165) is 33.7 Å². The number of allylic oxidation sites excluding steroid dienone is 1. The molecule has 1 atom stereocenters. The average Bonchev–Trinajstić information content (AvgIpc) is 3.11. The van der Waals surface area contributed by atoms with Gasteiger partial charge in [-0.15, -0.1) is 16.8 Å². The lowest BCUT2D eigenvalue weighted by Crippen LogP contribution is -2.17. The molecule has 6 nitrogen and oxygen atoms in total. The highest BCUT2D eigenvalue weighted by Gasteiger charge is 2.20. The molecule has 2 aromatic carbocycles. The molecule has 0 bridgehead atoms. The number of aryl methyl sites for hydroxylation is 4. The van der Waals surface area contributed by atoms with Crippen LogP contribution in [0.2, 0.25) is 0 Å². The number of benzene rings is 2. The molecular weight excluding hydrogens is 420 g/mol. The highest BCUT2D eigenvalue weighted by Crippen LogP contribution is 2.26. The van der Waals surface area contributed by atoms with Crippen LogP contribution in [0.15, 0.2) is 54.2 Å². The molecule has 1 amide bonds. The minimum Gasteiger partial charge on any atom is -0.483 e. The molecule has 3 rings (SSSR count). The van der Waals surface area contributed by atoms with Gasteiger partial charge in [0.15, 0.2) is 17.1 Å². The number of nitrogens with zero attached hydrogens (tertiary/aromatic N) is 3. The molecule has 168 valence electrons. The number of thioether (sulfide) groups is 1.